The predicted molar refractivity (Wildman–Crippen MR) is 69.1 cm³/mol. The molecule has 3 nitrogen and oxygen atoms in total. The fourth-order valence-corrected chi connectivity index (χ4v) is 1.83. The summed E-state index contributed by atoms with van der Waals surface area (Å²) in [6.45, 7) is 0. The summed E-state index contributed by atoms with van der Waals surface area (Å²) in [6.07, 6.45) is 5.31. The molecule has 1 heterocycles. The van der Waals surface area contributed by atoms with Gasteiger partial charge in [0.15, 0.2) is 0 Å². The van der Waals surface area contributed by atoms with Crippen LogP contribution < -0.4 is 10.5 Å². The summed E-state index contributed by atoms with van der Waals surface area (Å²) in [5.74, 6) is 0.926. The van der Waals surface area contributed by atoms with Crippen molar-refractivity contribution in [1.82, 2.24) is 4.98 Å². The van der Waals surface area contributed by atoms with Gasteiger partial charge in [0.25, 0.3) is 0 Å². The topological polar surface area (TPSA) is 48.1 Å². The fourth-order valence-electron chi connectivity index (χ4n) is 1.83. The Balaban J connectivity index is 2.10. The van der Waals surface area contributed by atoms with E-state index in [-0.39, 0.29) is 0 Å². The number of nitrogen functional groups attached to an aromatic ring is 1. The molecule has 0 saturated heterocycles. The molecule has 2 aromatic rings. The first-order chi connectivity index (χ1) is 8.31. The van der Waals surface area contributed by atoms with Crippen LogP contribution in [0.4, 0.5) is 5.69 Å². The Labute approximate surface area is 101 Å². The number of methoxy groups -OCH3 is 1. The Hall–Kier alpha value is -2.03. The van der Waals surface area contributed by atoms with Crippen molar-refractivity contribution in [2.45, 2.75) is 12.8 Å². The van der Waals surface area contributed by atoms with Crippen molar-refractivity contribution in [3.05, 3.63) is 53.9 Å². The summed E-state index contributed by atoms with van der Waals surface area (Å²) >= 11 is 0. The van der Waals surface area contributed by atoms with Gasteiger partial charge in [0.05, 0.1) is 7.11 Å². The van der Waals surface area contributed by atoms with Gasteiger partial charge in [-0.3, -0.25) is 4.98 Å². The zero-order valence-corrected chi connectivity index (χ0v) is 9.89. The minimum absolute atomic E-state index is 0.801. The molecule has 0 saturated carbocycles. The van der Waals surface area contributed by atoms with Gasteiger partial charge in [-0.15, -0.1) is 0 Å². The van der Waals surface area contributed by atoms with Gasteiger partial charge in [-0.05, 0) is 36.1 Å². The van der Waals surface area contributed by atoms with Gasteiger partial charge in [0.1, 0.15) is 5.75 Å². The maximum Gasteiger partial charge on any atom is 0.122 e. The number of nitrogens with zero attached hydrogens (tertiary/aromatic N) is 1. The number of anilines is 1. The molecule has 1 aromatic heterocycles. The molecular formula is C14H16N2O. The molecular weight excluding hydrogens is 212 g/mol. The van der Waals surface area contributed by atoms with E-state index in [9.17, 15) is 0 Å². The van der Waals surface area contributed by atoms with E-state index in [1.807, 2.05) is 30.5 Å². The van der Waals surface area contributed by atoms with Crippen LogP contribution in [0.3, 0.4) is 0 Å². The second-order valence-corrected chi connectivity index (χ2v) is 3.89. The van der Waals surface area contributed by atoms with E-state index in [0.29, 0.717) is 0 Å². The lowest BCUT2D eigenvalue weighted by Crippen LogP contribution is -1.99. The molecule has 0 bridgehead atoms. The minimum atomic E-state index is 0.801. The van der Waals surface area contributed by atoms with Crippen LogP contribution in [-0.2, 0) is 12.8 Å². The van der Waals surface area contributed by atoms with E-state index in [1.165, 1.54) is 5.56 Å². The Morgan fingerprint density at radius 3 is 2.65 bits per heavy atom. The van der Waals surface area contributed by atoms with Gasteiger partial charge in [0.2, 0.25) is 0 Å². The largest absolute Gasteiger partial charge is 0.496 e. The summed E-state index contributed by atoms with van der Waals surface area (Å²) < 4.78 is 5.32. The lowest BCUT2D eigenvalue weighted by Gasteiger charge is -2.08. The standard InChI is InChI=1S/C14H16N2O/c1-17-14-5-3-2-4-11(14)6-7-12-10-16-9-8-13(12)15/h2-5,8-10H,6-7H2,1H3,(H2,15,16). The first kappa shape index (κ1) is 11.5. The molecule has 0 amide bonds. The smallest absolute Gasteiger partial charge is 0.122 e. The molecule has 0 radical (unpaired) electrons. The van der Waals surface area contributed by atoms with Crippen LogP contribution in [0, 0.1) is 0 Å². The number of nitrogens with two attached hydrogens (primary N) is 1. The van der Waals surface area contributed by atoms with E-state index >= 15 is 0 Å². The number of aromatic nitrogens is 1. The number of ether oxygens (including phenoxy) is 1. The van der Waals surface area contributed by atoms with Crippen molar-refractivity contribution in [3.63, 3.8) is 0 Å². The maximum atomic E-state index is 5.88. The molecule has 0 spiro atoms. The third-order valence-electron chi connectivity index (χ3n) is 2.80. The van der Waals surface area contributed by atoms with Crippen LogP contribution in [0.2, 0.25) is 0 Å². The predicted octanol–water partition coefficient (Wildman–Crippen LogP) is 2.46. The Morgan fingerprint density at radius 1 is 1.12 bits per heavy atom. The summed E-state index contributed by atoms with van der Waals surface area (Å²) in [4.78, 5) is 4.09. The Kier molecular flexibility index (Phi) is 3.60. The van der Waals surface area contributed by atoms with Crippen LogP contribution in [0.25, 0.3) is 0 Å². The molecule has 0 fully saturated rings. The van der Waals surface area contributed by atoms with Crippen molar-refractivity contribution < 1.29 is 4.74 Å². The molecule has 0 aliphatic carbocycles. The van der Waals surface area contributed by atoms with E-state index in [4.69, 9.17) is 10.5 Å². The van der Waals surface area contributed by atoms with Crippen LogP contribution >= 0.6 is 0 Å². The molecule has 0 atom stereocenters. The lowest BCUT2D eigenvalue weighted by atomic mass is 10.0. The number of para-hydroxylation sites is 1. The Bertz CT molecular complexity index is 497. The molecule has 2 rings (SSSR count). The van der Waals surface area contributed by atoms with Crippen LogP contribution in [0.5, 0.6) is 5.75 Å². The van der Waals surface area contributed by atoms with Gasteiger partial charge in [-0.25, -0.2) is 0 Å². The van der Waals surface area contributed by atoms with Crippen LogP contribution in [-0.4, -0.2) is 12.1 Å². The highest BCUT2D eigenvalue weighted by Gasteiger charge is 2.04. The highest BCUT2D eigenvalue weighted by Crippen LogP contribution is 2.20. The molecule has 0 unspecified atom stereocenters. The number of aryl methyl sites for hydroxylation is 2. The normalized spacial score (nSPS) is 10.2. The van der Waals surface area contributed by atoms with Gasteiger partial charge < -0.3 is 10.5 Å². The number of rotatable bonds is 4. The van der Waals surface area contributed by atoms with E-state index in [2.05, 4.69) is 11.1 Å². The second-order valence-electron chi connectivity index (χ2n) is 3.89. The minimum Gasteiger partial charge on any atom is -0.496 e. The SMILES string of the molecule is COc1ccccc1CCc1cnccc1N. The number of pyridine rings is 1. The fraction of sp³-hybridized carbons (Fsp3) is 0.214. The lowest BCUT2D eigenvalue weighted by molar-refractivity contribution is 0.409. The van der Waals surface area contributed by atoms with E-state index in [0.717, 1.165) is 29.8 Å². The van der Waals surface area contributed by atoms with Crippen molar-refractivity contribution >= 4 is 5.69 Å². The first-order valence-corrected chi connectivity index (χ1v) is 5.61. The summed E-state index contributed by atoms with van der Waals surface area (Å²) in [7, 11) is 1.69. The summed E-state index contributed by atoms with van der Waals surface area (Å²) in [5.41, 5.74) is 8.96. The van der Waals surface area contributed by atoms with E-state index < -0.39 is 0 Å². The van der Waals surface area contributed by atoms with E-state index in [1.54, 1.807) is 13.3 Å². The maximum absolute atomic E-state index is 5.88. The number of hydrogen-bond acceptors (Lipinski definition) is 3. The molecule has 3 heteroatoms. The van der Waals surface area contributed by atoms with Crippen molar-refractivity contribution in [2.75, 3.05) is 12.8 Å². The monoisotopic (exact) mass is 228 g/mol. The quantitative estimate of drug-likeness (QED) is 0.874. The van der Waals surface area contributed by atoms with Gasteiger partial charge in [0, 0.05) is 18.1 Å². The molecule has 88 valence electrons. The molecule has 0 aliphatic heterocycles. The van der Waals surface area contributed by atoms with Crippen LogP contribution in [0.15, 0.2) is 42.7 Å². The zero-order valence-electron chi connectivity index (χ0n) is 9.89. The highest BCUT2D eigenvalue weighted by atomic mass is 16.5. The Morgan fingerprint density at radius 2 is 1.88 bits per heavy atom. The number of hydrogen-bond donors (Lipinski definition) is 1. The molecule has 0 aliphatic rings. The van der Waals surface area contributed by atoms with Gasteiger partial charge >= 0.3 is 0 Å². The van der Waals surface area contributed by atoms with Crippen molar-refractivity contribution in [2.24, 2.45) is 0 Å². The molecule has 1 aromatic carbocycles. The average molecular weight is 228 g/mol. The molecule has 2 N–H and O–H groups in total. The third-order valence-corrected chi connectivity index (χ3v) is 2.80. The van der Waals surface area contributed by atoms with Gasteiger partial charge in [-0.1, -0.05) is 18.2 Å². The second kappa shape index (κ2) is 5.34. The van der Waals surface area contributed by atoms with Crippen LogP contribution in [0.1, 0.15) is 11.1 Å². The average Bonchev–Trinajstić information content (AvgIpc) is 2.38. The van der Waals surface area contributed by atoms with Crippen molar-refractivity contribution in [1.29, 1.82) is 0 Å². The molecule has 17 heavy (non-hydrogen) atoms. The summed E-state index contributed by atoms with van der Waals surface area (Å²) in [5, 5.41) is 0. The van der Waals surface area contributed by atoms with Gasteiger partial charge in [-0.2, -0.15) is 0 Å². The number of benzene rings is 1. The van der Waals surface area contributed by atoms with Crippen molar-refractivity contribution in [3.8, 4) is 5.75 Å². The highest BCUT2D eigenvalue weighted by molar-refractivity contribution is 5.45. The third kappa shape index (κ3) is 2.75. The summed E-state index contributed by atoms with van der Waals surface area (Å²) in [6, 6.07) is 9.87. The zero-order chi connectivity index (χ0) is 12.1. The first-order valence-electron chi connectivity index (χ1n) is 5.61.